The number of thiazole rings is 1. The van der Waals surface area contributed by atoms with E-state index in [-0.39, 0.29) is 17.2 Å². The molecule has 1 aliphatic rings. The molecule has 2 aromatic carbocycles. The molecular formula is C21H21N3O3S. The van der Waals surface area contributed by atoms with Gasteiger partial charge in [0.2, 0.25) is 0 Å². The lowest BCUT2D eigenvalue weighted by atomic mass is 10.0. The second-order valence-electron chi connectivity index (χ2n) is 7.08. The number of carbonyl (C=O) groups is 2. The van der Waals surface area contributed by atoms with Gasteiger partial charge >= 0.3 is 0 Å². The average Bonchev–Trinajstić information content (AvgIpc) is 3.09. The van der Waals surface area contributed by atoms with Gasteiger partial charge in [0.1, 0.15) is 15.6 Å². The van der Waals surface area contributed by atoms with Crippen molar-refractivity contribution in [2.24, 2.45) is 0 Å². The Morgan fingerprint density at radius 3 is 2.64 bits per heavy atom. The van der Waals surface area contributed by atoms with E-state index in [1.165, 1.54) is 17.4 Å². The number of phenols is 1. The van der Waals surface area contributed by atoms with Gasteiger partial charge < -0.3 is 14.9 Å². The largest absolute Gasteiger partial charge is 0.507 e. The van der Waals surface area contributed by atoms with Crippen LogP contribution in [0.4, 0.5) is 0 Å². The van der Waals surface area contributed by atoms with Crippen molar-refractivity contribution in [1.29, 1.82) is 0 Å². The van der Waals surface area contributed by atoms with Crippen LogP contribution >= 0.6 is 11.3 Å². The van der Waals surface area contributed by atoms with E-state index in [1.807, 2.05) is 30.0 Å². The van der Waals surface area contributed by atoms with Gasteiger partial charge in [0, 0.05) is 31.7 Å². The zero-order valence-corrected chi connectivity index (χ0v) is 16.6. The molecule has 1 N–H and O–H groups in total. The third kappa shape index (κ3) is 3.27. The summed E-state index contributed by atoms with van der Waals surface area (Å²) in [6.07, 6.45) is 0.664. The summed E-state index contributed by atoms with van der Waals surface area (Å²) in [6, 6.07) is 8.91. The van der Waals surface area contributed by atoms with Crippen LogP contribution in [-0.4, -0.2) is 65.3 Å². The highest BCUT2D eigenvalue weighted by atomic mass is 32.1. The van der Waals surface area contributed by atoms with Crippen LogP contribution in [0.15, 0.2) is 30.3 Å². The van der Waals surface area contributed by atoms with Crippen LogP contribution in [0.2, 0.25) is 0 Å². The molecule has 0 unspecified atom stereocenters. The number of piperazine rings is 1. The van der Waals surface area contributed by atoms with Crippen LogP contribution in [0.3, 0.4) is 0 Å². The molecule has 1 fully saturated rings. The number of amides is 1. The first kappa shape index (κ1) is 18.6. The van der Waals surface area contributed by atoms with Crippen molar-refractivity contribution in [3.63, 3.8) is 0 Å². The highest BCUT2D eigenvalue weighted by Gasteiger charge is 2.24. The summed E-state index contributed by atoms with van der Waals surface area (Å²) in [7, 11) is 2.06. The lowest BCUT2D eigenvalue weighted by Gasteiger charge is -2.32. The second-order valence-corrected chi connectivity index (χ2v) is 8.08. The predicted octanol–water partition coefficient (Wildman–Crippen LogP) is 3.18. The van der Waals surface area contributed by atoms with Crippen molar-refractivity contribution < 1.29 is 14.7 Å². The van der Waals surface area contributed by atoms with Crippen molar-refractivity contribution in [2.75, 3.05) is 33.2 Å². The van der Waals surface area contributed by atoms with E-state index in [0.29, 0.717) is 16.5 Å². The minimum absolute atomic E-state index is 0.0274. The van der Waals surface area contributed by atoms with Gasteiger partial charge in [-0.1, -0.05) is 18.2 Å². The Morgan fingerprint density at radius 1 is 1.18 bits per heavy atom. The summed E-state index contributed by atoms with van der Waals surface area (Å²) in [5, 5.41) is 12.2. The Kier molecular flexibility index (Phi) is 4.87. The number of aromatic hydroxyl groups is 1. The molecular weight excluding hydrogens is 374 g/mol. The maximum absolute atomic E-state index is 12.9. The number of aldehydes is 1. The highest BCUT2D eigenvalue weighted by molar-refractivity contribution is 7.17. The van der Waals surface area contributed by atoms with Crippen LogP contribution < -0.4 is 0 Å². The van der Waals surface area contributed by atoms with E-state index in [1.54, 1.807) is 6.07 Å². The number of nitrogens with zero attached hydrogens (tertiary/aromatic N) is 3. The molecule has 1 aliphatic heterocycles. The predicted molar refractivity (Wildman–Crippen MR) is 110 cm³/mol. The van der Waals surface area contributed by atoms with Crippen LogP contribution in [0.1, 0.15) is 25.7 Å². The molecule has 3 aromatic rings. The van der Waals surface area contributed by atoms with Crippen LogP contribution in [0, 0.1) is 6.92 Å². The second kappa shape index (κ2) is 7.33. The average molecular weight is 395 g/mol. The maximum Gasteiger partial charge on any atom is 0.265 e. The van der Waals surface area contributed by atoms with E-state index < -0.39 is 0 Å². The molecule has 144 valence electrons. The molecule has 4 rings (SSSR count). The molecule has 1 aromatic heterocycles. The van der Waals surface area contributed by atoms with E-state index in [2.05, 4.69) is 16.9 Å². The zero-order valence-electron chi connectivity index (χ0n) is 15.8. The van der Waals surface area contributed by atoms with Crippen molar-refractivity contribution in [2.45, 2.75) is 6.92 Å². The Labute approximate surface area is 167 Å². The molecule has 6 nitrogen and oxygen atoms in total. The number of hydrogen-bond acceptors (Lipinski definition) is 6. The molecule has 1 amide bonds. The molecule has 1 saturated heterocycles. The Bertz CT molecular complexity index is 1070. The number of hydrogen-bond donors (Lipinski definition) is 1. The van der Waals surface area contributed by atoms with E-state index >= 15 is 0 Å². The number of benzene rings is 2. The molecule has 28 heavy (non-hydrogen) atoms. The summed E-state index contributed by atoms with van der Waals surface area (Å²) >= 11 is 1.40. The molecule has 0 saturated carbocycles. The molecule has 0 bridgehead atoms. The maximum atomic E-state index is 12.9. The number of phenolic OH excluding ortho intramolecular Hbond substituents is 1. The number of fused-ring (bicyclic) bond motifs is 1. The smallest absolute Gasteiger partial charge is 0.265 e. The van der Waals surface area contributed by atoms with Gasteiger partial charge in [0.25, 0.3) is 5.91 Å². The van der Waals surface area contributed by atoms with Gasteiger partial charge in [-0.2, -0.15) is 0 Å². The van der Waals surface area contributed by atoms with Crippen molar-refractivity contribution in [3.05, 3.63) is 46.5 Å². The van der Waals surface area contributed by atoms with E-state index in [4.69, 9.17) is 0 Å². The van der Waals surface area contributed by atoms with Crippen molar-refractivity contribution >= 4 is 34.3 Å². The highest BCUT2D eigenvalue weighted by Crippen LogP contribution is 2.33. The Morgan fingerprint density at radius 2 is 1.93 bits per heavy atom. The third-order valence-electron chi connectivity index (χ3n) is 5.18. The fourth-order valence-electron chi connectivity index (χ4n) is 3.47. The topological polar surface area (TPSA) is 73.7 Å². The number of rotatable bonds is 3. The summed E-state index contributed by atoms with van der Waals surface area (Å²) in [5.74, 6) is 0.0173. The van der Waals surface area contributed by atoms with Gasteiger partial charge in [-0.05, 0) is 36.9 Å². The third-order valence-corrected chi connectivity index (χ3v) is 6.38. The van der Waals surface area contributed by atoms with Gasteiger partial charge in [0.15, 0.2) is 6.29 Å². The minimum Gasteiger partial charge on any atom is -0.507 e. The number of likely N-dealkylation sites (N-methyl/N-ethyl adjacent to an activating group) is 1. The SMILES string of the molecule is Cc1nc(-c2ccc3c(C=O)c(O)ccc3c2)sc1C(=O)N1CCN(C)CC1. The quantitative estimate of drug-likeness (QED) is 0.690. The monoisotopic (exact) mass is 395 g/mol. The van der Waals surface area contributed by atoms with Crippen LogP contribution in [-0.2, 0) is 0 Å². The molecule has 2 heterocycles. The summed E-state index contributed by atoms with van der Waals surface area (Å²) in [5.41, 5.74) is 1.91. The summed E-state index contributed by atoms with van der Waals surface area (Å²) in [4.78, 5) is 33.6. The van der Waals surface area contributed by atoms with Crippen molar-refractivity contribution in [3.8, 4) is 16.3 Å². The number of aromatic nitrogens is 1. The first-order valence-electron chi connectivity index (χ1n) is 9.14. The lowest BCUT2D eigenvalue weighted by molar-refractivity contribution is 0.0668. The first-order chi connectivity index (χ1) is 13.5. The first-order valence-corrected chi connectivity index (χ1v) is 9.96. The normalized spacial score (nSPS) is 15.1. The van der Waals surface area contributed by atoms with Gasteiger partial charge in [-0.3, -0.25) is 9.59 Å². The van der Waals surface area contributed by atoms with E-state index in [9.17, 15) is 14.7 Å². The van der Waals surface area contributed by atoms with Gasteiger partial charge in [-0.15, -0.1) is 11.3 Å². The lowest BCUT2D eigenvalue weighted by Crippen LogP contribution is -2.47. The standard InChI is InChI=1S/C21H21N3O3S/c1-13-19(21(27)24-9-7-23(2)8-10-24)28-20(22-13)15-3-5-16-14(11-15)4-6-18(26)17(16)12-25/h3-6,11-12,26H,7-10H2,1-2H3. The Balaban J connectivity index is 1.67. The van der Waals surface area contributed by atoms with Gasteiger partial charge in [-0.25, -0.2) is 4.98 Å². The van der Waals surface area contributed by atoms with Crippen LogP contribution in [0.25, 0.3) is 21.3 Å². The fraction of sp³-hybridized carbons (Fsp3) is 0.286. The summed E-state index contributed by atoms with van der Waals surface area (Å²) in [6.45, 7) is 5.10. The molecule has 0 aliphatic carbocycles. The molecule has 0 spiro atoms. The van der Waals surface area contributed by atoms with Gasteiger partial charge in [0.05, 0.1) is 11.3 Å². The summed E-state index contributed by atoms with van der Waals surface area (Å²) < 4.78 is 0. The van der Waals surface area contributed by atoms with E-state index in [0.717, 1.165) is 47.8 Å². The minimum atomic E-state index is -0.0274. The zero-order chi connectivity index (χ0) is 19.8. The van der Waals surface area contributed by atoms with Crippen LogP contribution in [0.5, 0.6) is 5.75 Å². The molecule has 7 heteroatoms. The molecule has 0 radical (unpaired) electrons. The molecule has 0 atom stereocenters. The fourth-order valence-corrected chi connectivity index (χ4v) is 4.50. The number of aryl methyl sites for hydroxylation is 1. The number of carbonyl (C=O) groups excluding carboxylic acids is 2. The van der Waals surface area contributed by atoms with Crippen molar-refractivity contribution in [1.82, 2.24) is 14.8 Å². The Hall–Kier alpha value is -2.77.